The molecule has 1 amide bonds. The Morgan fingerprint density at radius 2 is 1.97 bits per heavy atom. The average molecular weight is 495 g/mol. The quantitative estimate of drug-likeness (QED) is 0.327. The summed E-state index contributed by atoms with van der Waals surface area (Å²) >= 11 is 5.36. The summed E-state index contributed by atoms with van der Waals surface area (Å²) in [5, 5.41) is 3.68. The van der Waals surface area contributed by atoms with E-state index in [1.54, 1.807) is 4.57 Å². The molecule has 1 aliphatic heterocycles. The van der Waals surface area contributed by atoms with Crippen molar-refractivity contribution in [1.82, 2.24) is 19.8 Å². The number of rotatable bonds is 10. The summed E-state index contributed by atoms with van der Waals surface area (Å²) in [7, 11) is 0. The Bertz CT molecular complexity index is 1270. The number of para-hydroxylation sites is 1. The van der Waals surface area contributed by atoms with Crippen molar-refractivity contribution >= 4 is 29.0 Å². The van der Waals surface area contributed by atoms with Gasteiger partial charge in [0.2, 0.25) is 5.91 Å². The predicted molar refractivity (Wildman–Crippen MR) is 141 cm³/mol. The number of amides is 1. The number of aromatic amines is 1. The number of unbranched alkanes of at least 4 members (excludes halogenated alkanes) is 2. The van der Waals surface area contributed by atoms with Crippen LogP contribution >= 0.6 is 12.2 Å². The number of nitrogens with one attached hydrogen (secondary N) is 2. The van der Waals surface area contributed by atoms with Crippen molar-refractivity contribution in [2.75, 3.05) is 19.7 Å². The van der Waals surface area contributed by atoms with Crippen molar-refractivity contribution in [3.05, 3.63) is 74.8 Å². The number of H-pyrrole nitrogens is 1. The maximum Gasteiger partial charge on any atom is 0.262 e. The second-order valence-electron chi connectivity index (χ2n) is 9.26. The molecule has 0 bridgehead atoms. The van der Waals surface area contributed by atoms with E-state index in [0.29, 0.717) is 29.7 Å². The van der Waals surface area contributed by atoms with Crippen LogP contribution in [0, 0.1) is 4.77 Å². The maximum atomic E-state index is 12.7. The number of carbonyl (C=O) groups excluding carboxylic acids is 1. The van der Waals surface area contributed by atoms with Crippen molar-refractivity contribution in [2.45, 2.75) is 58.3 Å². The van der Waals surface area contributed by atoms with Crippen molar-refractivity contribution in [3.63, 3.8) is 0 Å². The van der Waals surface area contributed by atoms with Gasteiger partial charge in [0, 0.05) is 39.1 Å². The fourth-order valence-corrected chi connectivity index (χ4v) is 4.84. The van der Waals surface area contributed by atoms with Crippen LogP contribution < -0.4 is 10.9 Å². The molecule has 1 unspecified atom stereocenters. The number of hydrogen-bond donors (Lipinski definition) is 2. The van der Waals surface area contributed by atoms with Crippen molar-refractivity contribution in [3.8, 4) is 0 Å². The first-order valence-corrected chi connectivity index (χ1v) is 12.8. The molecule has 7 nitrogen and oxygen atoms in total. The minimum absolute atomic E-state index is 0.0533. The zero-order chi connectivity index (χ0) is 24.6. The molecule has 35 heavy (non-hydrogen) atoms. The number of ether oxygens (including phenoxy) is 1. The number of nitrogens with zero attached hydrogens (tertiary/aromatic N) is 2. The van der Waals surface area contributed by atoms with Gasteiger partial charge in [0.15, 0.2) is 4.77 Å². The summed E-state index contributed by atoms with van der Waals surface area (Å²) in [6.07, 6.45) is 3.18. The number of fused-ring (bicyclic) bond motifs is 1. The van der Waals surface area contributed by atoms with Crippen LogP contribution in [0.3, 0.4) is 0 Å². The lowest BCUT2D eigenvalue weighted by Crippen LogP contribution is -2.40. The lowest BCUT2D eigenvalue weighted by molar-refractivity contribution is -0.121. The SMILES string of the molecule is CC1CN(Cc2cccc(CNC(=O)CCCCCn3c(=S)[nH]c4ccccc4c3=O)c2)CCO1. The molecule has 2 heterocycles. The Morgan fingerprint density at radius 3 is 2.83 bits per heavy atom. The molecule has 1 fully saturated rings. The van der Waals surface area contributed by atoms with Gasteiger partial charge >= 0.3 is 0 Å². The molecule has 0 aliphatic carbocycles. The number of aromatic nitrogens is 2. The van der Waals surface area contributed by atoms with Gasteiger partial charge in [-0.05, 0) is 55.2 Å². The van der Waals surface area contributed by atoms with E-state index in [-0.39, 0.29) is 17.6 Å². The fraction of sp³-hybridized carbons (Fsp3) is 0.444. The Labute approximate surface area is 211 Å². The van der Waals surface area contributed by atoms with E-state index in [0.717, 1.165) is 56.6 Å². The lowest BCUT2D eigenvalue weighted by Gasteiger charge is -2.31. The molecule has 4 rings (SSSR count). The van der Waals surface area contributed by atoms with Gasteiger partial charge in [-0.2, -0.15) is 0 Å². The zero-order valence-corrected chi connectivity index (χ0v) is 21.1. The standard InChI is InChI=1S/C27H34N4O3S/c1-20-18-30(14-15-34-20)19-22-9-7-8-21(16-22)17-28-25(32)12-3-2-6-13-31-26(33)23-10-4-5-11-24(23)29-27(31)35/h4-5,7-11,16,20H,2-3,6,12-15,17-19H2,1H3,(H,28,32)(H,29,35). The Balaban J connectivity index is 1.18. The van der Waals surface area contributed by atoms with Crippen molar-refractivity contribution < 1.29 is 9.53 Å². The molecule has 2 aromatic carbocycles. The van der Waals surface area contributed by atoms with Crippen LogP contribution in [0.15, 0.2) is 53.3 Å². The number of benzene rings is 2. The summed E-state index contributed by atoms with van der Waals surface area (Å²) in [4.78, 5) is 30.6. The molecule has 8 heteroatoms. The zero-order valence-electron chi connectivity index (χ0n) is 20.3. The second kappa shape index (κ2) is 12.2. The second-order valence-corrected chi connectivity index (χ2v) is 9.64. The van der Waals surface area contributed by atoms with Crippen LogP contribution in [-0.2, 0) is 29.2 Å². The molecule has 186 valence electrons. The third kappa shape index (κ3) is 7.10. The summed E-state index contributed by atoms with van der Waals surface area (Å²) in [5.41, 5.74) is 3.07. The molecular weight excluding hydrogens is 460 g/mol. The van der Waals surface area contributed by atoms with E-state index in [2.05, 4.69) is 46.4 Å². The first kappa shape index (κ1) is 25.3. The maximum absolute atomic E-state index is 12.7. The van der Waals surface area contributed by atoms with Crippen LogP contribution in [0.5, 0.6) is 0 Å². The highest BCUT2D eigenvalue weighted by atomic mass is 32.1. The van der Waals surface area contributed by atoms with E-state index in [9.17, 15) is 9.59 Å². The number of morpholine rings is 1. The fourth-order valence-electron chi connectivity index (χ4n) is 4.55. The molecule has 0 radical (unpaired) electrons. The third-order valence-corrected chi connectivity index (χ3v) is 6.71. The van der Waals surface area contributed by atoms with Crippen molar-refractivity contribution in [2.24, 2.45) is 0 Å². The van der Waals surface area contributed by atoms with Gasteiger partial charge in [0.25, 0.3) is 5.56 Å². The van der Waals surface area contributed by atoms with E-state index < -0.39 is 0 Å². The highest BCUT2D eigenvalue weighted by Gasteiger charge is 2.16. The first-order valence-electron chi connectivity index (χ1n) is 12.4. The first-order chi connectivity index (χ1) is 17.0. The van der Waals surface area contributed by atoms with E-state index >= 15 is 0 Å². The van der Waals surface area contributed by atoms with Gasteiger partial charge in [-0.1, -0.05) is 42.8 Å². The lowest BCUT2D eigenvalue weighted by atomic mass is 10.1. The van der Waals surface area contributed by atoms with E-state index in [1.165, 1.54) is 5.56 Å². The summed E-state index contributed by atoms with van der Waals surface area (Å²) in [6, 6.07) is 15.8. The molecular formula is C27H34N4O3S. The van der Waals surface area contributed by atoms with Gasteiger partial charge in [-0.3, -0.25) is 19.1 Å². The Kier molecular flexibility index (Phi) is 8.84. The van der Waals surface area contributed by atoms with Gasteiger partial charge in [-0.25, -0.2) is 0 Å². The summed E-state index contributed by atoms with van der Waals surface area (Å²) in [6.45, 7) is 6.78. The Morgan fingerprint density at radius 1 is 1.14 bits per heavy atom. The molecule has 1 aromatic heterocycles. The molecule has 0 spiro atoms. The van der Waals surface area contributed by atoms with Crippen LogP contribution in [0.2, 0.25) is 0 Å². The molecule has 3 aromatic rings. The minimum Gasteiger partial charge on any atom is -0.376 e. The highest BCUT2D eigenvalue weighted by Crippen LogP contribution is 2.13. The molecule has 0 saturated carbocycles. The molecule has 1 atom stereocenters. The van der Waals surface area contributed by atoms with Gasteiger partial charge < -0.3 is 15.0 Å². The normalized spacial score (nSPS) is 16.4. The average Bonchev–Trinajstić information content (AvgIpc) is 2.84. The molecule has 2 N–H and O–H groups in total. The van der Waals surface area contributed by atoms with Crippen LogP contribution in [0.25, 0.3) is 10.9 Å². The van der Waals surface area contributed by atoms with Crippen LogP contribution in [-0.4, -0.2) is 46.2 Å². The molecule has 1 saturated heterocycles. The van der Waals surface area contributed by atoms with Crippen molar-refractivity contribution in [1.29, 1.82) is 0 Å². The topological polar surface area (TPSA) is 79.4 Å². The van der Waals surface area contributed by atoms with Gasteiger partial charge in [0.05, 0.1) is 23.6 Å². The number of hydrogen-bond acceptors (Lipinski definition) is 5. The largest absolute Gasteiger partial charge is 0.376 e. The van der Waals surface area contributed by atoms with Gasteiger partial charge in [0.1, 0.15) is 0 Å². The van der Waals surface area contributed by atoms with Crippen LogP contribution in [0.4, 0.5) is 0 Å². The van der Waals surface area contributed by atoms with Crippen LogP contribution in [0.1, 0.15) is 43.7 Å². The van der Waals surface area contributed by atoms with E-state index in [4.69, 9.17) is 17.0 Å². The smallest absolute Gasteiger partial charge is 0.262 e. The summed E-state index contributed by atoms with van der Waals surface area (Å²) < 4.78 is 7.67. The van der Waals surface area contributed by atoms with E-state index in [1.807, 2.05) is 24.3 Å². The number of carbonyl (C=O) groups is 1. The summed E-state index contributed by atoms with van der Waals surface area (Å²) in [5.74, 6) is 0.0533. The Hall–Kier alpha value is -2.81. The minimum atomic E-state index is -0.0625. The van der Waals surface area contributed by atoms with Gasteiger partial charge in [-0.15, -0.1) is 0 Å². The highest BCUT2D eigenvalue weighted by molar-refractivity contribution is 7.71. The molecule has 1 aliphatic rings. The predicted octanol–water partition coefficient (Wildman–Crippen LogP) is 4.16. The third-order valence-electron chi connectivity index (χ3n) is 6.39. The monoisotopic (exact) mass is 494 g/mol.